The third-order valence-corrected chi connectivity index (χ3v) is 2.97. The third-order valence-electron chi connectivity index (χ3n) is 2.97. The van der Waals surface area contributed by atoms with Gasteiger partial charge in [-0.05, 0) is 25.7 Å². The molecule has 0 spiro atoms. The van der Waals surface area contributed by atoms with Gasteiger partial charge in [-0.2, -0.15) is 13.2 Å². The number of carbonyl (C=O) groups excluding carboxylic acids is 1. The van der Waals surface area contributed by atoms with Gasteiger partial charge in [0.05, 0.1) is 6.61 Å². The van der Waals surface area contributed by atoms with Crippen LogP contribution in [0.2, 0.25) is 0 Å². The first-order chi connectivity index (χ1) is 8.32. The summed E-state index contributed by atoms with van der Waals surface area (Å²) in [5, 5.41) is 11.1. The highest BCUT2D eigenvalue weighted by Gasteiger charge is 2.40. The van der Waals surface area contributed by atoms with Gasteiger partial charge in [0.25, 0.3) is 0 Å². The number of hydrogen-bond donors (Lipinski definition) is 3. The Kier molecular flexibility index (Phi) is 5.21. The molecule has 4 N–H and O–H groups in total. The molecule has 106 valence electrons. The van der Waals surface area contributed by atoms with Gasteiger partial charge >= 0.3 is 12.3 Å². The molecule has 0 aromatic carbocycles. The van der Waals surface area contributed by atoms with Crippen LogP contribution in [0.1, 0.15) is 25.7 Å². The van der Waals surface area contributed by atoms with Crippen molar-refractivity contribution in [2.45, 2.75) is 50.0 Å². The Bertz CT molecular complexity index is 278. The van der Waals surface area contributed by atoms with Crippen LogP contribution in [0.4, 0.5) is 18.0 Å². The highest BCUT2D eigenvalue weighted by atomic mass is 19.4. The number of aliphatic hydroxyl groups is 1. The summed E-state index contributed by atoms with van der Waals surface area (Å²) in [6, 6.07) is -2.24. The molecule has 0 aliphatic heterocycles. The van der Waals surface area contributed by atoms with Gasteiger partial charge in [-0.3, -0.25) is 0 Å². The van der Waals surface area contributed by atoms with Gasteiger partial charge in [0.1, 0.15) is 12.1 Å². The van der Waals surface area contributed by atoms with Crippen molar-refractivity contribution in [1.29, 1.82) is 0 Å². The molecule has 1 unspecified atom stereocenters. The van der Waals surface area contributed by atoms with Gasteiger partial charge in [-0.15, -0.1) is 0 Å². The number of halogens is 3. The molecule has 8 heteroatoms. The molecule has 1 fully saturated rings. The number of primary amides is 1. The smallest absolute Gasteiger partial charge is 0.406 e. The van der Waals surface area contributed by atoms with E-state index in [0.29, 0.717) is 25.7 Å². The Balaban J connectivity index is 2.37. The summed E-state index contributed by atoms with van der Waals surface area (Å²) < 4.78 is 42.0. The van der Waals surface area contributed by atoms with E-state index in [-0.39, 0.29) is 12.1 Å². The molecule has 0 aromatic heterocycles. The van der Waals surface area contributed by atoms with Crippen molar-refractivity contribution in [3.8, 4) is 0 Å². The highest BCUT2D eigenvalue weighted by Crippen LogP contribution is 2.25. The zero-order valence-corrected chi connectivity index (χ0v) is 9.74. The predicted octanol–water partition coefficient (Wildman–Crippen LogP) is 0.906. The van der Waals surface area contributed by atoms with E-state index in [9.17, 15) is 18.0 Å². The fourth-order valence-corrected chi connectivity index (χ4v) is 2.05. The SMILES string of the molecule is NC(=O)OC1CCC(NC(CO)C(F)(F)F)CC1. The summed E-state index contributed by atoms with van der Waals surface area (Å²) in [7, 11) is 0. The van der Waals surface area contributed by atoms with E-state index in [1.807, 2.05) is 0 Å². The summed E-state index contributed by atoms with van der Waals surface area (Å²) in [6.07, 6.45) is -3.81. The predicted molar refractivity (Wildman–Crippen MR) is 56.8 cm³/mol. The average molecular weight is 270 g/mol. The van der Waals surface area contributed by atoms with Crippen LogP contribution in [0.25, 0.3) is 0 Å². The van der Waals surface area contributed by atoms with Crippen LogP contribution in [-0.2, 0) is 4.74 Å². The average Bonchev–Trinajstić information content (AvgIpc) is 2.25. The van der Waals surface area contributed by atoms with Crippen molar-refractivity contribution in [3.63, 3.8) is 0 Å². The number of nitrogens with one attached hydrogen (secondary N) is 1. The first-order valence-electron chi connectivity index (χ1n) is 5.72. The molecule has 1 atom stereocenters. The van der Waals surface area contributed by atoms with Gasteiger partial charge in [-0.25, -0.2) is 4.79 Å². The first-order valence-corrected chi connectivity index (χ1v) is 5.72. The second-order valence-corrected chi connectivity index (χ2v) is 4.35. The minimum Gasteiger partial charge on any atom is -0.446 e. The lowest BCUT2D eigenvalue weighted by Crippen LogP contribution is -2.51. The van der Waals surface area contributed by atoms with Crippen molar-refractivity contribution in [2.24, 2.45) is 5.73 Å². The molecule has 1 amide bonds. The summed E-state index contributed by atoms with van der Waals surface area (Å²) in [5.74, 6) is 0. The largest absolute Gasteiger partial charge is 0.446 e. The number of ether oxygens (including phenoxy) is 1. The van der Waals surface area contributed by atoms with Crippen LogP contribution in [0, 0.1) is 0 Å². The Morgan fingerprint density at radius 3 is 2.33 bits per heavy atom. The van der Waals surface area contributed by atoms with E-state index in [1.165, 1.54) is 0 Å². The van der Waals surface area contributed by atoms with Crippen LogP contribution >= 0.6 is 0 Å². The third kappa shape index (κ3) is 4.69. The molecule has 0 heterocycles. The summed E-state index contributed by atoms with van der Waals surface area (Å²) in [5.41, 5.74) is 4.86. The summed E-state index contributed by atoms with van der Waals surface area (Å²) in [4.78, 5) is 10.5. The quantitative estimate of drug-likeness (QED) is 0.708. The van der Waals surface area contributed by atoms with Crippen molar-refractivity contribution >= 4 is 6.09 Å². The van der Waals surface area contributed by atoms with Crippen LogP contribution in [-0.4, -0.2) is 42.2 Å². The molecule has 18 heavy (non-hydrogen) atoms. The minimum atomic E-state index is -4.46. The Labute approximate surface area is 102 Å². The molecule has 1 aliphatic carbocycles. The van der Waals surface area contributed by atoms with Gasteiger partial charge in [-0.1, -0.05) is 0 Å². The van der Waals surface area contributed by atoms with Gasteiger partial charge < -0.3 is 20.9 Å². The first kappa shape index (κ1) is 15.0. The monoisotopic (exact) mass is 270 g/mol. The van der Waals surface area contributed by atoms with Crippen LogP contribution < -0.4 is 11.1 Å². The molecule has 1 saturated carbocycles. The second-order valence-electron chi connectivity index (χ2n) is 4.35. The number of amides is 1. The van der Waals surface area contributed by atoms with E-state index < -0.39 is 24.9 Å². The Hall–Kier alpha value is -1.02. The maximum atomic E-state index is 12.4. The molecule has 0 aromatic rings. The van der Waals surface area contributed by atoms with Crippen molar-refractivity contribution in [3.05, 3.63) is 0 Å². The Morgan fingerprint density at radius 2 is 1.94 bits per heavy atom. The number of rotatable bonds is 4. The fourth-order valence-electron chi connectivity index (χ4n) is 2.05. The van der Waals surface area contributed by atoms with Crippen molar-refractivity contribution < 1.29 is 27.8 Å². The van der Waals surface area contributed by atoms with E-state index >= 15 is 0 Å². The number of nitrogens with two attached hydrogens (primary N) is 1. The number of hydrogen-bond acceptors (Lipinski definition) is 4. The topological polar surface area (TPSA) is 84.6 Å². The maximum Gasteiger partial charge on any atom is 0.406 e. The molecule has 1 rings (SSSR count). The lowest BCUT2D eigenvalue weighted by molar-refractivity contribution is -0.166. The highest BCUT2D eigenvalue weighted by molar-refractivity contribution is 5.64. The minimum absolute atomic E-state index is 0.320. The van der Waals surface area contributed by atoms with Crippen LogP contribution in [0.15, 0.2) is 0 Å². The van der Waals surface area contributed by atoms with Gasteiger partial charge in [0, 0.05) is 6.04 Å². The molecule has 0 saturated heterocycles. The molecule has 0 radical (unpaired) electrons. The molecule has 5 nitrogen and oxygen atoms in total. The summed E-state index contributed by atoms with van der Waals surface area (Å²) >= 11 is 0. The lowest BCUT2D eigenvalue weighted by atomic mass is 9.92. The molecule has 0 bridgehead atoms. The van der Waals surface area contributed by atoms with Crippen LogP contribution in [0.5, 0.6) is 0 Å². The second kappa shape index (κ2) is 6.24. The van der Waals surface area contributed by atoms with E-state index in [0.717, 1.165) is 0 Å². The number of aliphatic hydroxyl groups excluding tert-OH is 1. The lowest BCUT2D eigenvalue weighted by Gasteiger charge is -2.31. The normalized spacial score (nSPS) is 26.7. The van der Waals surface area contributed by atoms with Crippen molar-refractivity contribution in [2.75, 3.05) is 6.61 Å². The van der Waals surface area contributed by atoms with Gasteiger partial charge in [0.15, 0.2) is 0 Å². The zero-order chi connectivity index (χ0) is 13.8. The maximum absolute atomic E-state index is 12.4. The van der Waals surface area contributed by atoms with E-state index in [1.54, 1.807) is 0 Å². The molecular weight excluding hydrogens is 253 g/mol. The molecule has 1 aliphatic rings. The molecular formula is C10H17F3N2O3. The Morgan fingerprint density at radius 1 is 1.39 bits per heavy atom. The van der Waals surface area contributed by atoms with Gasteiger partial charge in [0.2, 0.25) is 0 Å². The number of alkyl halides is 3. The number of carbonyl (C=O) groups is 1. The summed E-state index contributed by atoms with van der Waals surface area (Å²) in [6.45, 7) is -0.985. The standard InChI is InChI=1S/C10H17F3N2O3/c11-10(12,13)8(5-16)15-6-1-3-7(4-2-6)18-9(14)17/h6-8,15-16H,1-5H2,(H2,14,17). The van der Waals surface area contributed by atoms with Crippen LogP contribution in [0.3, 0.4) is 0 Å². The zero-order valence-electron chi connectivity index (χ0n) is 9.74. The van der Waals surface area contributed by atoms with E-state index in [2.05, 4.69) is 5.32 Å². The van der Waals surface area contributed by atoms with E-state index in [4.69, 9.17) is 15.6 Å². The van der Waals surface area contributed by atoms with Crippen molar-refractivity contribution in [1.82, 2.24) is 5.32 Å². The fraction of sp³-hybridized carbons (Fsp3) is 0.900.